The van der Waals surface area contributed by atoms with Crippen molar-refractivity contribution < 1.29 is 0 Å². The van der Waals surface area contributed by atoms with E-state index in [0.717, 1.165) is 11.4 Å². The number of nitrogens with one attached hydrogen (secondary N) is 1. The smallest absolute Gasteiger partial charge is 0.0470 e. The Morgan fingerprint density at radius 2 is 0.886 bits per heavy atom. The van der Waals surface area contributed by atoms with Gasteiger partial charge in [-0.3, -0.25) is 0 Å². The Hall–Kier alpha value is -4.62. The molecule has 0 spiro atoms. The van der Waals surface area contributed by atoms with Crippen LogP contribution in [-0.2, 0) is 0 Å². The van der Waals surface area contributed by atoms with Crippen LogP contribution in [0.1, 0.15) is 0 Å². The predicted molar refractivity (Wildman–Crippen MR) is 152 cm³/mol. The van der Waals surface area contributed by atoms with E-state index in [-0.39, 0.29) is 0 Å². The average Bonchev–Trinajstić information content (AvgIpc) is 2.93. The van der Waals surface area contributed by atoms with Gasteiger partial charge in [-0.2, -0.15) is 0 Å². The lowest BCUT2D eigenvalue weighted by molar-refractivity contribution is 1.57. The van der Waals surface area contributed by atoms with Gasteiger partial charge in [0.15, 0.2) is 0 Å². The molecule has 0 fully saturated rings. The number of hydrogen-bond acceptors (Lipinski definition) is 1. The van der Waals surface area contributed by atoms with Gasteiger partial charge in [0.05, 0.1) is 0 Å². The third-order valence-corrected chi connectivity index (χ3v) is 7.01. The number of benzene rings is 7. The number of hydrogen-bond donors (Lipinski definition) is 1. The fourth-order valence-electron chi connectivity index (χ4n) is 5.25. The lowest BCUT2D eigenvalue weighted by Gasteiger charge is -2.13. The fraction of sp³-hybridized carbons (Fsp3) is 0. The van der Waals surface area contributed by atoms with E-state index in [1.165, 1.54) is 54.2 Å². The summed E-state index contributed by atoms with van der Waals surface area (Å²) in [5, 5.41) is 13.9. The molecule has 7 aromatic rings. The van der Waals surface area contributed by atoms with Crippen molar-refractivity contribution in [1.29, 1.82) is 0 Å². The van der Waals surface area contributed by atoms with Gasteiger partial charge in [0.1, 0.15) is 0 Å². The van der Waals surface area contributed by atoms with Gasteiger partial charge in [0, 0.05) is 16.8 Å². The van der Waals surface area contributed by atoms with Crippen LogP contribution >= 0.6 is 0 Å². The van der Waals surface area contributed by atoms with Crippen LogP contribution < -0.4 is 5.32 Å². The molecule has 0 heterocycles. The van der Waals surface area contributed by atoms with Crippen molar-refractivity contribution in [2.75, 3.05) is 5.32 Å². The highest BCUT2D eigenvalue weighted by Gasteiger charge is 2.08. The molecule has 0 saturated heterocycles. The molecular weight excluding hydrogens is 422 g/mol. The molecule has 7 rings (SSSR count). The highest BCUT2D eigenvalue weighted by Crippen LogP contribution is 2.34. The average molecular weight is 446 g/mol. The minimum Gasteiger partial charge on any atom is -0.355 e. The maximum atomic E-state index is 3.67. The van der Waals surface area contributed by atoms with Crippen LogP contribution in [-0.4, -0.2) is 0 Å². The van der Waals surface area contributed by atoms with E-state index < -0.39 is 0 Å². The minimum absolute atomic E-state index is 1.08. The highest BCUT2D eigenvalue weighted by molar-refractivity contribution is 6.13. The first-order valence-corrected chi connectivity index (χ1v) is 12.0. The van der Waals surface area contributed by atoms with Crippen molar-refractivity contribution in [3.05, 3.63) is 133 Å². The molecule has 0 aliphatic rings. The quantitative estimate of drug-likeness (QED) is 0.267. The zero-order valence-electron chi connectivity index (χ0n) is 19.2. The van der Waals surface area contributed by atoms with Crippen molar-refractivity contribution in [2.45, 2.75) is 0 Å². The SMILES string of the molecule is c1ccc2c(c1)ccc1cc(-c3ccc(Nc4cc5ccccc5c5ccccc45)cc3)ccc12. The summed E-state index contributed by atoms with van der Waals surface area (Å²) in [5.74, 6) is 0. The van der Waals surface area contributed by atoms with E-state index in [1.807, 2.05) is 0 Å². The number of anilines is 2. The van der Waals surface area contributed by atoms with E-state index in [4.69, 9.17) is 0 Å². The summed E-state index contributed by atoms with van der Waals surface area (Å²) >= 11 is 0. The van der Waals surface area contributed by atoms with E-state index in [9.17, 15) is 0 Å². The van der Waals surface area contributed by atoms with Crippen LogP contribution in [0.2, 0.25) is 0 Å². The van der Waals surface area contributed by atoms with Crippen LogP contribution in [0.4, 0.5) is 11.4 Å². The molecule has 1 N–H and O–H groups in total. The van der Waals surface area contributed by atoms with Crippen molar-refractivity contribution in [3.63, 3.8) is 0 Å². The van der Waals surface area contributed by atoms with E-state index >= 15 is 0 Å². The van der Waals surface area contributed by atoms with Crippen molar-refractivity contribution in [1.82, 2.24) is 0 Å². The van der Waals surface area contributed by atoms with Crippen LogP contribution in [0.3, 0.4) is 0 Å². The van der Waals surface area contributed by atoms with Gasteiger partial charge in [-0.05, 0) is 73.1 Å². The van der Waals surface area contributed by atoms with Crippen LogP contribution in [0.5, 0.6) is 0 Å². The molecule has 35 heavy (non-hydrogen) atoms. The zero-order valence-corrected chi connectivity index (χ0v) is 19.2. The molecule has 1 heteroatoms. The molecule has 0 bridgehead atoms. The molecule has 1 nitrogen and oxygen atoms in total. The summed E-state index contributed by atoms with van der Waals surface area (Å²) in [7, 11) is 0. The Kier molecular flexibility index (Phi) is 4.53. The lowest BCUT2D eigenvalue weighted by atomic mass is 9.97. The first-order valence-electron chi connectivity index (χ1n) is 12.0. The van der Waals surface area contributed by atoms with Crippen molar-refractivity contribution >= 4 is 54.5 Å². The van der Waals surface area contributed by atoms with E-state index in [2.05, 4.69) is 139 Å². The van der Waals surface area contributed by atoms with Gasteiger partial charge in [-0.15, -0.1) is 0 Å². The topological polar surface area (TPSA) is 12.0 Å². The van der Waals surface area contributed by atoms with Gasteiger partial charge in [-0.25, -0.2) is 0 Å². The summed E-state index contributed by atoms with van der Waals surface area (Å²) in [6.45, 7) is 0. The summed E-state index contributed by atoms with van der Waals surface area (Å²) in [4.78, 5) is 0. The minimum atomic E-state index is 1.08. The maximum absolute atomic E-state index is 3.67. The molecule has 0 unspecified atom stereocenters. The molecule has 164 valence electrons. The predicted octanol–water partition coefficient (Wildman–Crippen LogP) is 9.71. The first-order chi connectivity index (χ1) is 17.3. The second-order valence-electron chi connectivity index (χ2n) is 9.12. The first kappa shape index (κ1) is 19.8. The Labute approximate surface area is 204 Å². The molecule has 0 aliphatic heterocycles. The van der Waals surface area contributed by atoms with Gasteiger partial charge in [-0.1, -0.05) is 109 Å². The number of rotatable bonds is 3. The van der Waals surface area contributed by atoms with Crippen LogP contribution in [0, 0.1) is 0 Å². The largest absolute Gasteiger partial charge is 0.355 e. The van der Waals surface area contributed by atoms with Crippen LogP contribution in [0.15, 0.2) is 133 Å². The summed E-state index contributed by atoms with van der Waals surface area (Å²) in [6, 6.07) is 48.0. The highest BCUT2D eigenvalue weighted by atomic mass is 14.9. The van der Waals surface area contributed by atoms with Crippen molar-refractivity contribution in [2.24, 2.45) is 0 Å². The monoisotopic (exact) mass is 445 g/mol. The second kappa shape index (κ2) is 8.00. The maximum Gasteiger partial charge on any atom is 0.0470 e. The molecule has 7 aromatic carbocycles. The third-order valence-electron chi connectivity index (χ3n) is 7.01. The van der Waals surface area contributed by atoms with E-state index in [0.29, 0.717) is 0 Å². The number of fused-ring (bicyclic) bond motifs is 6. The fourth-order valence-corrected chi connectivity index (χ4v) is 5.25. The Morgan fingerprint density at radius 3 is 1.69 bits per heavy atom. The molecule has 0 radical (unpaired) electrons. The Morgan fingerprint density at radius 1 is 0.343 bits per heavy atom. The molecule has 0 aromatic heterocycles. The van der Waals surface area contributed by atoms with Gasteiger partial charge >= 0.3 is 0 Å². The Balaban J connectivity index is 1.24. The molecule has 0 atom stereocenters. The van der Waals surface area contributed by atoms with Gasteiger partial charge < -0.3 is 5.32 Å². The third kappa shape index (κ3) is 3.41. The Bertz CT molecular complexity index is 1860. The summed E-state index contributed by atoms with van der Waals surface area (Å²) in [5.41, 5.74) is 4.66. The van der Waals surface area contributed by atoms with Gasteiger partial charge in [0.25, 0.3) is 0 Å². The standard InChI is InChI=1S/C34H23N/c1-3-9-29-24(7-1)13-14-27-21-25(17-20-31(27)29)23-15-18-28(19-16-23)35-34-22-26-8-2-4-10-30(26)32-11-5-6-12-33(32)34/h1-22,35H. The normalized spacial score (nSPS) is 11.4. The molecule has 0 aliphatic carbocycles. The van der Waals surface area contributed by atoms with Gasteiger partial charge in [0.2, 0.25) is 0 Å². The van der Waals surface area contributed by atoms with Crippen molar-refractivity contribution in [3.8, 4) is 11.1 Å². The molecular formula is C34H23N. The van der Waals surface area contributed by atoms with Crippen LogP contribution in [0.25, 0.3) is 54.2 Å². The molecule has 0 saturated carbocycles. The summed E-state index contributed by atoms with van der Waals surface area (Å²) < 4.78 is 0. The zero-order chi connectivity index (χ0) is 23.2. The molecule has 0 amide bonds. The summed E-state index contributed by atoms with van der Waals surface area (Å²) in [6.07, 6.45) is 0. The second-order valence-corrected chi connectivity index (χ2v) is 9.12. The van der Waals surface area contributed by atoms with E-state index in [1.54, 1.807) is 0 Å². The lowest BCUT2D eigenvalue weighted by Crippen LogP contribution is -1.92.